The Hall–Kier alpha value is -1.47. The molecule has 1 atom stereocenters. The van der Waals surface area contributed by atoms with E-state index < -0.39 is 10.0 Å². The lowest BCUT2D eigenvalue weighted by Crippen LogP contribution is -2.44. The van der Waals surface area contributed by atoms with Gasteiger partial charge in [-0.15, -0.1) is 0 Å². The molecule has 1 aromatic rings. The molecule has 1 unspecified atom stereocenters. The quantitative estimate of drug-likeness (QED) is 0.854. The summed E-state index contributed by atoms with van der Waals surface area (Å²) in [5.74, 6) is 0.262. The number of amides is 1. The van der Waals surface area contributed by atoms with E-state index in [9.17, 15) is 13.2 Å². The molecule has 116 valence electrons. The Balaban J connectivity index is 1.87. The van der Waals surface area contributed by atoms with Gasteiger partial charge in [-0.05, 0) is 30.4 Å². The molecule has 1 fully saturated rings. The molecule has 2 rings (SSSR count). The minimum absolute atomic E-state index is 0.0760. The first-order chi connectivity index (χ1) is 9.94. The summed E-state index contributed by atoms with van der Waals surface area (Å²) in [5, 5.41) is 0. The molecule has 1 amide bonds. The number of likely N-dealkylation sites (tertiary alicyclic amines) is 1. The van der Waals surface area contributed by atoms with Crippen molar-refractivity contribution < 1.29 is 13.2 Å². The molecule has 1 aliphatic heterocycles. The van der Waals surface area contributed by atoms with Crippen molar-refractivity contribution in [3.8, 4) is 0 Å². The maximum Gasteiger partial charge on any atom is 0.227 e. The third-order valence-electron chi connectivity index (χ3n) is 3.58. The molecule has 7 heteroatoms. The number of aromatic nitrogens is 1. The van der Waals surface area contributed by atoms with Crippen LogP contribution in [0.25, 0.3) is 0 Å². The lowest BCUT2D eigenvalue weighted by Gasteiger charge is -2.32. The van der Waals surface area contributed by atoms with E-state index in [-0.39, 0.29) is 11.8 Å². The molecule has 0 bridgehead atoms. The van der Waals surface area contributed by atoms with Crippen molar-refractivity contribution in [3.63, 3.8) is 0 Å². The highest BCUT2D eigenvalue weighted by atomic mass is 32.2. The third-order valence-corrected chi connectivity index (χ3v) is 4.28. The topological polar surface area (TPSA) is 79.4 Å². The standard InChI is InChI=1S/C14H21N3O3S/c1-21(19,20)16-10-13-5-3-7-17(11-13)14(18)8-12-4-2-6-15-9-12/h2,4,6,9,13,16H,3,5,7-8,10-11H2,1H3. The van der Waals surface area contributed by atoms with Crippen molar-refractivity contribution in [2.45, 2.75) is 19.3 Å². The normalized spacial score (nSPS) is 19.5. The molecular weight excluding hydrogens is 290 g/mol. The lowest BCUT2D eigenvalue weighted by molar-refractivity contribution is -0.132. The smallest absolute Gasteiger partial charge is 0.227 e. The molecule has 6 nitrogen and oxygen atoms in total. The molecule has 0 aromatic carbocycles. The van der Waals surface area contributed by atoms with Gasteiger partial charge in [-0.3, -0.25) is 9.78 Å². The summed E-state index contributed by atoms with van der Waals surface area (Å²) >= 11 is 0. The van der Waals surface area contributed by atoms with Crippen LogP contribution in [-0.2, 0) is 21.2 Å². The van der Waals surface area contributed by atoms with Crippen molar-refractivity contribution in [2.24, 2.45) is 5.92 Å². The average molecular weight is 311 g/mol. The molecule has 0 aliphatic carbocycles. The molecule has 1 N–H and O–H groups in total. The predicted octanol–water partition coefficient (Wildman–Crippen LogP) is 0.412. The minimum Gasteiger partial charge on any atom is -0.342 e. The number of nitrogens with one attached hydrogen (secondary N) is 1. The minimum atomic E-state index is -3.17. The first kappa shape index (κ1) is 15.9. The second-order valence-electron chi connectivity index (χ2n) is 5.51. The van der Waals surface area contributed by atoms with E-state index in [0.717, 1.165) is 31.2 Å². The van der Waals surface area contributed by atoms with Crippen LogP contribution in [0.1, 0.15) is 18.4 Å². The van der Waals surface area contributed by atoms with E-state index in [1.807, 2.05) is 17.0 Å². The Morgan fingerprint density at radius 2 is 2.33 bits per heavy atom. The molecule has 0 radical (unpaired) electrons. The van der Waals surface area contributed by atoms with Crippen LogP contribution >= 0.6 is 0 Å². The number of rotatable bonds is 5. The number of hydrogen-bond acceptors (Lipinski definition) is 4. The van der Waals surface area contributed by atoms with Gasteiger partial charge in [-0.2, -0.15) is 0 Å². The number of hydrogen-bond donors (Lipinski definition) is 1. The zero-order valence-corrected chi connectivity index (χ0v) is 13.0. The van der Waals surface area contributed by atoms with Gasteiger partial charge in [0.2, 0.25) is 15.9 Å². The van der Waals surface area contributed by atoms with Gasteiger partial charge in [-0.1, -0.05) is 6.07 Å². The third kappa shape index (κ3) is 5.43. The van der Waals surface area contributed by atoms with Gasteiger partial charge < -0.3 is 4.90 Å². The first-order valence-electron chi connectivity index (χ1n) is 7.05. The summed E-state index contributed by atoms with van der Waals surface area (Å²) in [7, 11) is -3.17. The monoisotopic (exact) mass is 311 g/mol. The molecule has 1 saturated heterocycles. The number of piperidine rings is 1. The zero-order chi connectivity index (χ0) is 15.3. The summed E-state index contributed by atoms with van der Waals surface area (Å²) in [6, 6.07) is 3.70. The van der Waals surface area contributed by atoms with Gasteiger partial charge in [-0.25, -0.2) is 13.1 Å². The summed E-state index contributed by atoms with van der Waals surface area (Å²) < 4.78 is 24.8. The Kier molecular flexibility index (Phi) is 5.30. The number of sulfonamides is 1. The highest BCUT2D eigenvalue weighted by Crippen LogP contribution is 2.17. The Labute approximate surface area is 125 Å². The summed E-state index contributed by atoms with van der Waals surface area (Å²) in [4.78, 5) is 18.1. The molecule has 1 aromatic heterocycles. The highest BCUT2D eigenvalue weighted by Gasteiger charge is 2.24. The van der Waals surface area contributed by atoms with E-state index in [0.29, 0.717) is 19.5 Å². The van der Waals surface area contributed by atoms with Crippen molar-refractivity contribution in [1.82, 2.24) is 14.6 Å². The number of carbonyl (C=O) groups is 1. The highest BCUT2D eigenvalue weighted by molar-refractivity contribution is 7.88. The van der Waals surface area contributed by atoms with Gasteiger partial charge in [0.05, 0.1) is 12.7 Å². The SMILES string of the molecule is CS(=O)(=O)NCC1CCCN(C(=O)Cc2cccnc2)C1. The predicted molar refractivity (Wildman–Crippen MR) is 80.1 cm³/mol. The molecule has 21 heavy (non-hydrogen) atoms. The Bertz CT molecular complexity index is 574. The number of nitrogens with zero attached hydrogens (tertiary/aromatic N) is 2. The summed E-state index contributed by atoms with van der Waals surface area (Å²) in [6.45, 7) is 1.76. The zero-order valence-electron chi connectivity index (χ0n) is 12.2. The van der Waals surface area contributed by atoms with Gasteiger partial charge in [0.1, 0.15) is 0 Å². The fourth-order valence-electron chi connectivity index (χ4n) is 2.52. The van der Waals surface area contributed by atoms with Crippen LogP contribution in [0.2, 0.25) is 0 Å². The second kappa shape index (κ2) is 7.00. The van der Waals surface area contributed by atoms with Crippen molar-refractivity contribution in [1.29, 1.82) is 0 Å². The van der Waals surface area contributed by atoms with Crippen LogP contribution in [0, 0.1) is 5.92 Å². The fourth-order valence-corrected chi connectivity index (χ4v) is 3.05. The Morgan fingerprint density at radius 1 is 1.52 bits per heavy atom. The fraction of sp³-hybridized carbons (Fsp3) is 0.571. The van der Waals surface area contributed by atoms with Gasteiger partial charge >= 0.3 is 0 Å². The second-order valence-corrected chi connectivity index (χ2v) is 7.34. The van der Waals surface area contributed by atoms with Crippen molar-refractivity contribution in [3.05, 3.63) is 30.1 Å². The maximum atomic E-state index is 12.3. The number of carbonyl (C=O) groups excluding carboxylic acids is 1. The molecule has 0 saturated carbocycles. The van der Waals surface area contributed by atoms with Crippen molar-refractivity contribution in [2.75, 3.05) is 25.9 Å². The largest absolute Gasteiger partial charge is 0.342 e. The van der Waals surface area contributed by atoms with E-state index in [2.05, 4.69) is 9.71 Å². The average Bonchev–Trinajstić information content (AvgIpc) is 2.46. The van der Waals surface area contributed by atoms with Crippen molar-refractivity contribution >= 4 is 15.9 Å². The van der Waals surface area contributed by atoms with E-state index in [1.54, 1.807) is 12.4 Å². The first-order valence-corrected chi connectivity index (χ1v) is 8.94. The lowest BCUT2D eigenvalue weighted by atomic mass is 9.98. The van der Waals surface area contributed by atoms with Gasteiger partial charge in [0, 0.05) is 32.0 Å². The van der Waals surface area contributed by atoms with E-state index >= 15 is 0 Å². The number of pyridine rings is 1. The summed E-state index contributed by atoms with van der Waals surface area (Å²) in [6.07, 6.45) is 6.74. The van der Waals surface area contributed by atoms with Gasteiger partial charge in [0.15, 0.2) is 0 Å². The molecule has 2 heterocycles. The van der Waals surface area contributed by atoms with Crippen LogP contribution < -0.4 is 4.72 Å². The molecule has 1 aliphatic rings. The Morgan fingerprint density at radius 3 is 3.00 bits per heavy atom. The van der Waals surface area contributed by atoms with Crippen LogP contribution in [0.5, 0.6) is 0 Å². The van der Waals surface area contributed by atoms with Crippen LogP contribution in [0.3, 0.4) is 0 Å². The van der Waals surface area contributed by atoms with Crippen LogP contribution in [0.15, 0.2) is 24.5 Å². The van der Waals surface area contributed by atoms with Crippen LogP contribution in [0.4, 0.5) is 0 Å². The van der Waals surface area contributed by atoms with E-state index in [1.165, 1.54) is 0 Å². The maximum absolute atomic E-state index is 12.3. The van der Waals surface area contributed by atoms with Gasteiger partial charge in [0.25, 0.3) is 0 Å². The molecule has 0 spiro atoms. The summed E-state index contributed by atoms with van der Waals surface area (Å²) in [5.41, 5.74) is 0.902. The van der Waals surface area contributed by atoms with E-state index in [4.69, 9.17) is 0 Å². The van der Waals surface area contributed by atoms with Crippen LogP contribution in [-0.4, -0.2) is 50.1 Å². The molecular formula is C14H21N3O3S.